The van der Waals surface area contributed by atoms with Crippen LogP contribution in [0.5, 0.6) is 0 Å². The number of aliphatic hydroxyl groups excluding tert-OH is 5. The quantitative estimate of drug-likeness (QED) is 0.0651. The van der Waals surface area contributed by atoms with E-state index in [0.717, 1.165) is 12.8 Å². The van der Waals surface area contributed by atoms with E-state index in [-0.39, 0.29) is 19.4 Å². The van der Waals surface area contributed by atoms with E-state index in [1.54, 1.807) is 0 Å². The molecule has 16 heteroatoms. The van der Waals surface area contributed by atoms with E-state index in [4.69, 9.17) is 52.7 Å². The van der Waals surface area contributed by atoms with Gasteiger partial charge in [-0.2, -0.15) is 0 Å². The molecule has 2 aliphatic heterocycles. The lowest BCUT2D eigenvalue weighted by Gasteiger charge is -2.47. The Morgan fingerprint density at radius 1 is 0.635 bits per heavy atom. The highest BCUT2D eigenvalue weighted by atomic mass is 16.7. The molecule has 0 bridgehead atoms. The first-order valence-electron chi connectivity index (χ1n) is 19.7. The molecule has 3 rings (SSSR count). The summed E-state index contributed by atoms with van der Waals surface area (Å²) in [6.07, 6.45) is 9.44. The van der Waals surface area contributed by atoms with Gasteiger partial charge in [-0.15, -0.1) is 0 Å². The van der Waals surface area contributed by atoms with Crippen LogP contribution in [0.2, 0.25) is 0 Å². The molecule has 1 saturated carbocycles. The SMILES string of the molecule is CCCCCCCCCCCCCCCCCC(=O)O.NC[C@H]1O[C@H](O[C@H]2[C@H](O)C(O[C@H]3O[C@H](CO)[C@@H](O)[C@H](N)[C@H]3O)[C@H](N)C[C@@H]2N)[C@H](N)C[C@@H]1O. The molecule has 2 heterocycles. The molecule has 16 N–H and O–H groups in total. The van der Waals surface area contributed by atoms with Crippen LogP contribution in [0.25, 0.3) is 0 Å². The first kappa shape index (κ1) is 47.1. The van der Waals surface area contributed by atoms with Crippen LogP contribution in [0.15, 0.2) is 0 Å². The van der Waals surface area contributed by atoms with Crippen molar-refractivity contribution in [2.24, 2.45) is 28.7 Å². The highest BCUT2D eigenvalue weighted by Crippen LogP contribution is 2.31. The maximum atomic E-state index is 11.0. The lowest BCUT2D eigenvalue weighted by atomic mass is 9.84. The average molecular weight is 752 g/mol. The molecule has 1 unspecified atom stereocenters. The van der Waals surface area contributed by atoms with Gasteiger partial charge in [-0.3, -0.25) is 4.79 Å². The number of carboxylic acids is 1. The van der Waals surface area contributed by atoms with E-state index in [9.17, 15) is 30.3 Å². The van der Waals surface area contributed by atoms with Crippen molar-refractivity contribution in [2.75, 3.05) is 13.2 Å². The van der Waals surface area contributed by atoms with Gasteiger partial charge in [0, 0.05) is 25.0 Å². The number of nitrogens with two attached hydrogens (primary N) is 5. The molecule has 14 atom stereocenters. The van der Waals surface area contributed by atoms with E-state index in [1.807, 2.05) is 0 Å². The summed E-state index contributed by atoms with van der Waals surface area (Å²) in [4.78, 5) is 10.3. The largest absolute Gasteiger partial charge is 0.481 e. The molecule has 16 nitrogen and oxygen atoms in total. The molecule has 0 aromatic carbocycles. The Kier molecular flexibility index (Phi) is 23.4. The van der Waals surface area contributed by atoms with Gasteiger partial charge in [0.25, 0.3) is 0 Å². The molecule has 52 heavy (non-hydrogen) atoms. The van der Waals surface area contributed by atoms with Crippen LogP contribution in [-0.4, -0.2) is 135 Å². The van der Waals surface area contributed by atoms with Crippen molar-refractivity contribution in [3.8, 4) is 0 Å². The van der Waals surface area contributed by atoms with E-state index < -0.39 is 98.2 Å². The maximum Gasteiger partial charge on any atom is 0.303 e. The standard InChI is InChI=1S/C18H37N5O9.C18H36O2/c19-3-9-8(25)2-7(22)17(29-9)31-15-5(20)1-6(21)16(14(15)28)32-18-13(27)11(23)12(26)10(4-24)30-18;1-2-3-4-5-6-7-8-9-10-11-12-13-14-15-16-17-18(19)20/h5-18,24-28H,1-4,19-23H2;2-17H2,1H3,(H,19,20)/t5-,6+,7+,8-,9+,10+,11-,12+,13+,14-,15+,16?,17+,18+;/m0./s1. The number of unbranched alkanes of at least 4 members (excludes halogenated alkanes) is 14. The van der Waals surface area contributed by atoms with E-state index in [2.05, 4.69) is 6.92 Å². The topological polar surface area (TPSA) is 305 Å². The summed E-state index contributed by atoms with van der Waals surface area (Å²) >= 11 is 0. The number of rotatable bonds is 22. The number of hydrogen-bond acceptors (Lipinski definition) is 15. The first-order chi connectivity index (χ1) is 24.9. The van der Waals surface area contributed by atoms with Gasteiger partial charge in [0.05, 0.1) is 30.9 Å². The zero-order chi connectivity index (χ0) is 38.6. The van der Waals surface area contributed by atoms with Crippen molar-refractivity contribution in [3.63, 3.8) is 0 Å². The minimum absolute atomic E-state index is 0.0542. The number of aliphatic carboxylic acids is 1. The number of hydrogen-bond donors (Lipinski definition) is 11. The van der Waals surface area contributed by atoms with Crippen molar-refractivity contribution >= 4 is 5.97 Å². The van der Waals surface area contributed by atoms with Crippen LogP contribution in [0.3, 0.4) is 0 Å². The molecule has 2 saturated heterocycles. The first-order valence-corrected chi connectivity index (χ1v) is 19.7. The number of aliphatic hydroxyl groups is 5. The summed E-state index contributed by atoms with van der Waals surface area (Å²) in [5, 5.41) is 59.2. The highest BCUT2D eigenvalue weighted by Gasteiger charge is 2.50. The van der Waals surface area contributed by atoms with E-state index in [1.165, 1.54) is 83.5 Å². The van der Waals surface area contributed by atoms with Crippen molar-refractivity contribution < 1.29 is 54.4 Å². The third-order valence-corrected chi connectivity index (χ3v) is 10.4. The second-order valence-corrected chi connectivity index (χ2v) is 14.9. The number of ether oxygens (including phenoxy) is 4. The summed E-state index contributed by atoms with van der Waals surface area (Å²) in [7, 11) is 0. The second-order valence-electron chi connectivity index (χ2n) is 14.9. The molecule has 0 spiro atoms. The monoisotopic (exact) mass is 752 g/mol. The second kappa shape index (κ2) is 25.9. The van der Waals surface area contributed by atoms with E-state index >= 15 is 0 Å². The number of carbonyl (C=O) groups is 1. The zero-order valence-electron chi connectivity index (χ0n) is 31.3. The molecule has 3 aliphatic rings. The van der Waals surface area contributed by atoms with Gasteiger partial charge in [0.2, 0.25) is 0 Å². The van der Waals surface area contributed by atoms with Gasteiger partial charge in [-0.25, -0.2) is 0 Å². The summed E-state index contributed by atoms with van der Waals surface area (Å²) in [6, 6.07) is -3.27. The normalized spacial score (nSPS) is 36.6. The molecular formula is C36H73N5O11. The summed E-state index contributed by atoms with van der Waals surface area (Å²) in [5.74, 6) is -0.653. The minimum atomic E-state index is -1.44. The van der Waals surface area contributed by atoms with Crippen LogP contribution in [-0.2, 0) is 23.7 Å². The average Bonchev–Trinajstić information content (AvgIpc) is 3.11. The lowest BCUT2D eigenvalue weighted by molar-refractivity contribution is -0.314. The van der Waals surface area contributed by atoms with Crippen molar-refractivity contribution in [2.45, 2.75) is 208 Å². The molecule has 0 amide bonds. The van der Waals surface area contributed by atoms with Gasteiger partial charge in [-0.05, 0) is 19.3 Å². The third-order valence-electron chi connectivity index (χ3n) is 10.4. The predicted octanol–water partition coefficient (Wildman–Crippen LogP) is 0.0367. The maximum absolute atomic E-state index is 11.0. The van der Waals surface area contributed by atoms with Gasteiger partial charge in [0.15, 0.2) is 12.6 Å². The van der Waals surface area contributed by atoms with Crippen molar-refractivity contribution in [1.29, 1.82) is 0 Å². The fourth-order valence-corrected chi connectivity index (χ4v) is 7.08. The smallest absolute Gasteiger partial charge is 0.303 e. The summed E-state index contributed by atoms with van der Waals surface area (Å²) in [6.45, 7) is 1.77. The zero-order valence-corrected chi connectivity index (χ0v) is 31.3. The molecular weight excluding hydrogens is 678 g/mol. The van der Waals surface area contributed by atoms with Crippen LogP contribution in [0.4, 0.5) is 0 Å². The summed E-state index contributed by atoms with van der Waals surface area (Å²) < 4.78 is 22.7. The number of carboxylic acid groups (broad SMARTS) is 1. The molecule has 0 aromatic heterocycles. The molecule has 0 aromatic rings. The van der Waals surface area contributed by atoms with Crippen LogP contribution >= 0.6 is 0 Å². The lowest BCUT2D eigenvalue weighted by Crippen LogP contribution is -2.68. The Morgan fingerprint density at radius 2 is 1.10 bits per heavy atom. The van der Waals surface area contributed by atoms with Crippen molar-refractivity contribution in [3.05, 3.63) is 0 Å². The van der Waals surface area contributed by atoms with Gasteiger partial charge >= 0.3 is 5.97 Å². The molecule has 3 fully saturated rings. The van der Waals surface area contributed by atoms with Gasteiger partial charge in [0.1, 0.15) is 36.6 Å². The van der Waals surface area contributed by atoms with Crippen LogP contribution < -0.4 is 28.7 Å². The fourth-order valence-electron chi connectivity index (χ4n) is 7.08. The Bertz CT molecular complexity index is 943. The van der Waals surface area contributed by atoms with Crippen LogP contribution in [0, 0.1) is 0 Å². The molecule has 1 aliphatic carbocycles. The van der Waals surface area contributed by atoms with E-state index in [0.29, 0.717) is 6.42 Å². The molecule has 0 radical (unpaired) electrons. The Balaban J connectivity index is 0.000000405. The minimum Gasteiger partial charge on any atom is -0.481 e. The Hall–Kier alpha value is -1.09. The Labute approximate surface area is 310 Å². The third kappa shape index (κ3) is 15.9. The van der Waals surface area contributed by atoms with Crippen molar-refractivity contribution in [1.82, 2.24) is 0 Å². The predicted molar refractivity (Wildman–Crippen MR) is 196 cm³/mol. The fraction of sp³-hybridized carbons (Fsp3) is 0.972. The van der Waals surface area contributed by atoms with Gasteiger partial charge < -0.3 is 78.3 Å². The van der Waals surface area contributed by atoms with Gasteiger partial charge in [-0.1, -0.05) is 96.8 Å². The highest BCUT2D eigenvalue weighted by molar-refractivity contribution is 5.66. The molecule has 308 valence electrons. The van der Waals surface area contributed by atoms with Crippen LogP contribution in [0.1, 0.15) is 122 Å². The summed E-state index contributed by atoms with van der Waals surface area (Å²) in [5.41, 5.74) is 29.8. The Morgan fingerprint density at radius 3 is 1.56 bits per heavy atom.